The van der Waals surface area contributed by atoms with Crippen LogP contribution in [0.2, 0.25) is 0 Å². The summed E-state index contributed by atoms with van der Waals surface area (Å²) in [6.07, 6.45) is 0. The van der Waals surface area contributed by atoms with Crippen LogP contribution in [0.5, 0.6) is 0 Å². The number of nitro benzene ring substituents is 1. The second-order valence-corrected chi connectivity index (χ2v) is 8.04. The number of sulfonamides is 1. The van der Waals surface area contributed by atoms with Crippen molar-refractivity contribution in [3.63, 3.8) is 0 Å². The van der Waals surface area contributed by atoms with Crippen molar-refractivity contribution in [2.45, 2.75) is 4.90 Å². The van der Waals surface area contributed by atoms with Crippen molar-refractivity contribution in [2.75, 3.05) is 26.2 Å². The molecule has 28 heavy (non-hydrogen) atoms. The average molecular weight is 411 g/mol. The molecule has 0 aromatic heterocycles. The third-order valence-corrected chi connectivity index (χ3v) is 6.23. The molecule has 0 spiro atoms. The maximum Gasteiger partial charge on any atom is 0.269 e. The van der Waals surface area contributed by atoms with E-state index in [1.54, 1.807) is 0 Å². The molecular formula is C17H15F2N3O5S. The molecule has 0 saturated carbocycles. The summed E-state index contributed by atoms with van der Waals surface area (Å²) in [6, 6.07) is 7.01. The standard InChI is InChI=1S/C17H15F2N3O5S/c18-13-9-12(10-14(19)11-13)17(23)20-5-7-21(8-6-20)28(26,27)16-3-1-15(2-4-16)22(24)25/h1-4,9-11H,5-8H2. The minimum absolute atomic E-state index is 0.0111. The van der Waals surface area contributed by atoms with Crippen LogP contribution in [0.15, 0.2) is 47.4 Å². The largest absolute Gasteiger partial charge is 0.336 e. The van der Waals surface area contributed by atoms with Gasteiger partial charge in [0.05, 0.1) is 9.82 Å². The van der Waals surface area contributed by atoms with Gasteiger partial charge in [-0.05, 0) is 24.3 Å². The minimum Gasteiger partial charge on any atom is -0.336 e. The molecule has 2 aromatic carbocycles. The van der Waals surface area contributed by atoms with Gasteiger partial charge in [-0.25, -0.2) is 17.2 Å². The van der Waals surface area contributed by atoms with Crippen LogP contribution in [0.3, 0.4) is 0 Å². The minimum atomic E-state index is -3.88. The number of non-ortho nitro benzene ring substituents is 1. The van der Waals surface area contributed by atoms with E-state index in [9.17, 15) is 32.1 Å². The van der Waals surface area contributed by atoms with Gasteiger partial charge in [-0.1, -0.05) is 0 Å². The van der Waals surface area contributed by atoms with Crippen LogP contribution in [-0.2, 0) is 10.0 Å². The van der Waals surface area contributed by atoms with E-state index in [1.807, 2.05) is 0 Å². The van der Waals surface area contributed by atoms with Crippen molar-refractivity contribution in [2.24, 2.45) is 0 Å². The van der Waals surface area contributed by atoms with Crippen molar-refractivity contribution in [1.29, 1.82) is 0 Å². The number of hydrogen-bond donors (Lipinski definition) is 0. The number of carbonyl (C=O) groups is 1. The van der Waals surface area contributed by atoms with Gasteiger partial charge in [0.2, 0.25) is 10.0 Å². The lowest BCUT2D eigenvalue weighted by Gasteiger charge is -2.34. The first kappa shape index (κ1) is 19.8. The van der Waals surface area contributed by atoms with E-state index < -0.39 is 32.5 Å². The molecule has 3 rings (SSSR count). The van der Waals surface area contributed by atoms with Crippen LogP contribution in [0, 0.1) is 21.7 Å². The predicted octanol–water partition coefficient (Wildman–Crippen LogP) is 2.02. The Bertz CT molecular complexity index is 999. The van der Waals surface area contributed by atoms with Crippen molar-refractivity contribution < 1.29 is 26.9 Å². The molecule has 0 bridgehead atoms. The number of carbonyl (C=O) groups excluding carboxylic acids is 1. The quantitative estimate of drug-likeness (QED) is 0.566. The Kier molecular flexibility index (Phi) is 5.38. The second-order valence-electron chi connectivity index (χ2n) is 6.11. The summed E-state index contributed by atoms with van der Waals surface area (Å²) in [4.78, 5) is 23.7. The van der Waals surface area contributed by atoms with Gasteiger partial charge in [-0.2, -0.15) is 4.31 Å². The molecule has 0 unspecified atom stereocenters. The van der Waals surface area contributed by atoms with Crippen molar-refractivity contribution in [1.82, 2.24) is 9.21 Å². The fraction of sp³-hybridized carbons (Fsp3) is 0.235. The fourth-order valence-corrected chi connectivity index (χ4v) is 4.30. The smallest absolute Gasteiger partial charge is 0.269 e. The molecule has 1 saturated heterocycles. The molecule has 1 aliphatic rings. The molecule has 1 heterocycles. The summed E-state index contributed by atoms with van der Waals surface area (Å²) in [7, 11) is -3.88. The molecule has 148 valence electrons. The molecule has 1 aliphatic heterocycles. The van der Waals surface area contributed by atoms with E-state index in [0.717, 1.165) is 40.7 Å². The van der Waals surface area contributed by atoms with Gasteiger partial charge in [-0.15, -0.1) is 0 Å². The zero-order valence-corrected chi connectivity index (χ0v) is 15.2. The number of nitro groups is 1. The summed E-state index contributed by atoms with van der Waals surface area (Å²) in [5, 5.41) is 10.7. The second kappa shape index (κ2) is 7.60. The Balaban J connectivity index is 1.70. The van der Waals surface area contributed by atoms with Gasteiger partial charge >= 0.3 is 0 Å². The van der Waals surface area contributed by atoms with Crippen LogP contribution < -0.4 is 0 Å². The highest BCUT2D eigenvalue weighted by atomic mass is 32.2. The zero-order valence-electron chi connectivity index (χ0n) is 14.4. The van der Waals surface area contributed by atoms with Gasteiger partial charge in [0.1, 0.15) is 11.6 Å². The first-order chi connectivity index (χ1) is 13.2. The maximum absolute atomic E-state index is 13.3. The topological polar surface area (TPSA) is 101 Å². The van der Waals surface area contributed by atoms with Gasteiger partial charge in [0.25, 0.3) is 11.6 Å². The van der Waals surface area contributed by atoms with Gasteiger partial charge < -0.3 is 4.90 Å². The number of amides is 1. The normalized spacial score (nSPS) is 15.4. The van der Waals surface area contributed by atoms with E-state index in [-0.39, 0.29) is 42.3 Å². The predicted molar refractivity (Wildman–Crippen MR) is 94.1 cm³/mol. The summed E-state index contributed by atoms with van der Waals surface area (Å²) in [5.74, 6) is -2.34. The summed E-state index contributed by atoms with van der Waals surface area (Å²) >= 11 is 0. The number of piperazine rings is 1. The van der Waals surface area contributed by atoms with Crippen molar-refractivity contribution >= 4 is 21.6 Å². The number of halogens is 2. The lowest BCUT2D eigenvalue weighted by Crippen LogP contribution is -2.50. The highest BCUT2D eigenvalue weighted by Gasteiger charge is 2.31. The molecular weight excluding hydrogens is 396 g/mol. The Hall–Kier alpha value is -2.92. The van der Waals surface area contributed by atoms with E-state index >= 15 is 0 Å². The molecule has 0 aliphatic carbocycles. The Labute approximate surface area is 159 Å². The molecule has 1 amide bonds. The van der Waals surface area contributed by atoms with Crippen molar-refractivity contribution in [3.05, 3.63) is 69.8 Å². The Morgan fingerprint density at radius 3 is 2.00 bits per heavy atom. The molecule has 8 nitrogen and oxygen atoms in total. The maximum atomic E-state index is 13.3. The molecule has 2 aromatic rings. The van der Waals surface area contributed by atoms with Crippen LogP contribution in [0.25, 0.3) is 0 Å². The van der Waals surface area contributed by atoms with E-state index in [0.29, 0.717) is 6.07 Å². The lowest BCUT2D eigenvalue weighted by molar-refractivity contribution is -0.384. The average Bonchev–Trinajstić information content (AvgIpc) is 2.67. The van der Waals surface area contributed by atoms with Crippen molar-refractivity contribution in [3.8, 4) is 0 Å². The van der Waals surface area contributed by atoms with Crippen LogP contribution in [0.4, 0.5) is 14.5 Å². The molecule has 0 N–H and O–H groups in total. The number of benzene rings is 2. The first-order valence-corrected chi connectivity index (χ1v) is 9.62. The lowest BCUT2D eigenvalue weighted by atomic mass is 10.1. The zero-order chi connectivity index (χ0) is 20.5. The highest BCUT2D eigenvalue weighted by Crippen LogP contribution is 2.21. The van der Waals surface area contributed by atoms with Gasteiger partial charge in [0.15, 0.2) is 0 Å². The molecule has 11 heteroatoms. The van der Waals surface area contributed by atoms with Gasteiger partial charge in [0, 0.05) is 49.9 Å². The van der Waals surface area contributed by atoms with E-state index in [1.165, 1.54) is 4.90 Å². The van der Waals surface area contributed by atoms with E-state index in [4.69, 9.17) is 0 Å². The molecule has 0 radical (unpaired) electrons. The summed E-state index contributed by atoms with van der Waals surface area (Å²) in [6.45, 7) is 0.0675. The summed E-state index contributed by atoms with van der Waals surface area (Å²) in [5.41, 5.74) is -0.374. The monoisotopic (exact) mass is 411 g/mol. The van der Waals surface area contributed by atoms with Crippen LogP contribution >= 0.6 is 0 Å². The fourth-order valence-electron chi connectivity index (χ4n) is 2.88. The van der Waals surface area contributed by atoms with E-state index in [2.05, 4.69) is 0 Å². The summed E-state index contributed by atoms with van der Waals surface area (Å²) < 4.78 is 53.1. The number of nitrogens with zero attached hydrogens (tertiary/aromatic N) is 3. The third kappa shape index (κ3) is 3.99. The number of rotatable bonds is 4. The number of hydrogen-bond acceptors (Lipinski definition) is 5. The SMILES string of the molecule is O=C(c1cc(F)cc(F)c1)N1CCN(S(=O)(=O)c2ccc([N+](=O)[O-])cc2)CC1. The van der Waals surface area contributed by atoms with Crippen LogP contribution in [-0.4, -0.2) is 54.6 Å². The Morgan fingerprint density at radius 2 is 1.50 bits per heavy atom. The highest BCUT2D eigenvalue weighted by molar-refractivity contribution is 7.89. The molecule has 1 fully saturated rings. The molecule has 0 atom stereocenters. The third-order valence-electron chi connectivity index (χ3n) is 4.32. The van der Waals surface area contributed by atoms with Crippen LogP contribution in [0.1, 0.15) is 10.4 Å². The first-order valence-electron chi connectivity index (χ1n) is 8.18. The van der Waals surface area contributed by atoms with Gasteiger partial charge in [-0.3, -0.25) is 14.9 Å². The Morgan fingerprint density at radius 1 is 0.964 bits per heavy atom.